The maximum absolute atomic E-state index is 10.8. The van der Waals surface area contributed by atoms with Crippen LogP contribution in [-0.4, -0.2) is 15.1 Å². The summed E-state index contributed by atoms with van der Waals surface area (Å²) < 4.78 is 14.1. The van der Waals surface area contributed by atoms with Crippen LogP contribution in [0.4, 0.5) is 0 Å². The Kier molecular flexibility index (Phi) is 2.94. The fourth-order valence-corrected chi connectivity index (χ4v) is 1.24. The molecule has 12 heavy (non-hydrogen) atoms. The highest BCUT2D eigenvalue weighted by Crippen LogP contribution is 2.46. The quantitative estimate of drug-likeness (QED) is 0.424. The first-order chi connectivity index (χ1) is 5.64. The Morgan fingerprint density at radius 2 is 2.42 bits per heavy atom. The highest BCUT2D eigenvalue weighted by atomic mass is 31.2. The molecule has 0 aliphatic rings. The van der Waals surface area contributed by atoms with Crippen LogP contribution in [0, 0.1) is 6.16 Å². The van der Waals surface area contributed by atoms with Crippen molar-refractivity contribution in [2.24, 2.45) is 0 Å². The van der Waals surface area contributed by atoms with Crippen LogP contribution in [0.15, 0.2) is 24.5 Å². The van der Waals surface area contributed by atoms with Crippen molar-refractivity contribution in [2.75, 3.05) is 0 Å². The lowest BCUT2D eigenvalue weighted by Gasteiger charge is -2.04. The third-order valence-corrected chi connectivity index (χ3v) is 1.97. The van der Waals surface area contributed by atoms with E-state index >= 15 is 0 Å². The van der Waals surface area contributed by atoms with Gasteiger partial charge in [-0.05, 0) is 11.6 Å². The lowest BCUT2D eigenvalue weighted by molar-refractivity contribution is -0.144. The summed E-state index contributed by atoms with van der Waals surface area (Å²) in [6.07, 6.45) is 3.81. The molecule has 1 heterocycles. The van der Waals surface area contributed by atoms with E-state index in [1.807, 2.05) is 0 Å². The molecule has 0 amide bonds. The minimum absolute atomic E-state index is 0.414. The van der Waals surface area contributed by atoms with Crippen molar-refractivity contribution < 1.29 is 19.4 Å². The first kappa shape index (κ1) is 9.35. The molecule has 5 nitrogen and oxygen atoms in total. The third-order valence-electron chi connectivity index (χ3n) is 1.11. The topological polar surface area (TPSA) is 79.7 Å². The maximum atomic E-state index is 10.8. The number of hydrogen-bond donors (Lipinski definition) is 2. The maximum Gasteiger partial charge on any atom is 0.363 e. The molecule has 0 bridgehead atoms. The van der Waals surface area contributed by atoms with Crippen molar-refractivity contribution in [2.45, 2.75) is 0 Å². The summed E-state index contributed by atoms with van der Waals surface area (Å²) in [7, 11) is -4.00. The first-order valence-electron chi connectivity index (χ1n) is 3.06. The average molecular weight is 188 g/mol. The predicted molar refractivity (Wildman–Crippen MR) is 41.2 cm³/mol. The lowest BCUT2D eigenvalue weighted by atomic mass is 10.3. The van der Waals surface area contributed by atoms with E-state index in [0.29, 0.717) is 5.56 Å². The average Bonchev–Trinajstić information content (AvgIpc) is 2.06. The molecule has 1 rings (SSSR count). The second kappa shape index (κ2) is 3.78. The van der Waals surface area contributed by atoms with Crippen LogP contribution >= 0.6 is 7.60 Å². The first-order valence-corrected chi connectivity index (χ1v) is 4.70. The van der Waals surface area contributed by atoms with Crippen LogP contribution in [0.2, 0.25) is 0 Å². The summed E-state index contributed by atoms with van der Waals surface area (Å²) in [4.78, 5) is 12.5. The Morgan fingerprint density at radius 3 is 2.92 bits per heavy atom. The van der Waals surface area contributed by atoms with Gasteiger partial charge < -0.3 is 4.89 Å². The fourth-order valence-electron chi connectivity index (χ4n) is 0.664. The van der Waals surface area contributed by atoms with Gasteiger partial charge in [-0.15, -0.1) is 0 Å². The van der Waals surface area contributed by atoms with Gasteiger partial charge in [-0.2, -0.15) is 4.67 Å². The van der Waals surface area contributed by atoms with Gasteiger partial charge in [-0.3, -0.25) is 9.55 Å². The molecule has 2 N–H and O–H groups in total. The molecular formula is C6H7NO4P. The zero-order valence-electron chi connectivity index (χ0n) is 5.99. The molecule has 0 spiro atoms. The van der Waals surface area contributed by atoms with Gasteiger partial charge in [0.2, 0.25) is 0 Å². The molecule has 0 saturated heterocycles. The number of nitrogens with zero attached hydrogens (tertiary/aromatic N) is 1. The number of aromatic nitrogens is 1. The summed E-state index contributed by atoms with van der Waals surface area (Å²) in [5, 5.41) is 7.99. The van der Waals surface area contributed by atoms with Crippen LogP contribution in [0.25, 0.3) is 0 Å². The van der Waals surface area contributed by atoms with E-state index in [4.69, 9.17) is 10.2 Å². The SMILES string of the molecule is O=P(O)([CH]c1cccnc1)OO. The van der Waals surface area contributed by atoms with Crippen molar-refractivity contribution in [3.8, 4) is 0 Å². The number of hydrogen-bond acceptors (Lipinski definition) is 4. The standard InChI is InChI=1S/C6H7NO4P/c8-11-12(9,10)5-6-2-1-3-7-4-6/h1-5,8H,(H,9,10). The molecule has 0 fully saturated rings. The molecule has 0 aromatic carbocycles. The molecule has 1 radical (unpaired) electrons. The molecule has 0 aliphatic carbocycles. The summed E-state index contributed by atoms with van der Waals surface area (Å²) in [6, 6.07) is 3.16. The molecule has 1 unspecified atom stereocenters. The van der Waals surface area contributed by atoms with E-state index in [-0.39, 0.29) is 0 Å². The molecule has 6 heteroatoms. The predicted octanol–water partition coefficient (Wildman–Crippen LogP) is 1.27. The van der Waals surface area contributed by atoms with E-state index in [9.17, 15) is 4.57 Å². The van der Waals surface area contributed by atoms with Gasteiger partial charge in [-0.25, -0.2) is 5.26 Å². The largest absolute Gasteiger partial charge is 0.363 e. The molecular weight excluding hydrogens is 181 g/mol. The minimum Gasteiger partial charge on any atom is -0.322 e. The van der Waals surface area contributed by atoms with Crippen LogP contribution in [0.3, 0.4) is 0 Å². The summed E-state index contributed by atoms with van der Waals surface area (Å²) >= 11 is 0. The number of pyridine rings is 1. The molecule has 0 saturated carbocycles. The van der Waals surface area contributed by atoms with Gasteiger partial charge >= 0.3 is 7.60 Å². The smallest absolute Gasteiger partial charge is 0.322 e. The van der Waals surface area contributed by atoms with Crippen LogP contribution in [0.1, 0.15) is 5.56 Å². The van der Waals surface area contributed by atoms with Crippen molar-refractivity contribution in [1.29, 1.82) is 0 Å². The van der Waals surface area contributed by atoms with Crippen LogP contribution < -0.4 is 0 Å². The van der Waals surface area contributed by atoms with Gasteiger partial charge in [0, 0.05) is 12.4 Å². The Hall–Kier alpha value is -0.740. The molecule has 1 atom stereocenters. The monoisotopic (exact) mass is 188 g/mol. The van der Waals surface area contributed by atoms with Crippen molar-refractivity contribution >= 4 is 7.60 Å². The van der Waals surface area contributed by atoms with Crippen molar-refractivity contribution in [3.05, 3.63) is 36.3 Å². The lowest BCUT2D eigenvalue weighted by Crippen LogP contribution is -1.87. The van der Waals surface area contributed by atoms with E-state index in [2.05, 4.69) is 9.66 Å². The molecule has 1 aromatic rings. The van der Waals surface area contributed by atoms with E-state index in [1.54, 1.807) is 12.1 Å². The van der Waals surface area contributed by atoms with Gasteiger partial charge in [-0.1, -0.05) is 6.07 Å². The van der Waals surface area contributed by atoms with E-state index < -0.39 is 7.60 Å². The van der Waals surface area contributed by atoms with Crippen LogP contribution in [-0.2, 0) is 9.24 Å². The summed E-state index contributed by atoms with van der Waals surface area (Å²) in [5.41, 5.74) is 0.414. The highest BCUT2D eigenvalue weighted by Gasteiger charge is 2.20. The van der Waals surface area contributed by atoms with Crippen LogP contribution in [0.5, 0.6) is 0 Å². The van der Waals surface area contributed by atoms with Gasteiger partial charge in [0.15, 0.2) is 0 Å². The second-order valence-electron chi connectivity index (χ2n) is 2.06. The van der Waals surface area contributed by atoms with Crippen molar-refractivity contribution in [1.82, 2.24) is 4.98 Å². The molecule has 65 valence electrons. The van der Waals surface area contributed by atoms with Gasteiger partial charge in [0.05, 0.1) is 0 Å². The Balaban J connectivity index is 2.71. The van der Waals surface area contributed by atoms with Crippen molar-refractivity contribution in [3.63, 3.8) is 0 Å². The number of rotatable bonds is 3. The summed E-state index contributed by atoms with van der Waals surface area (Å²) in [6.45, 7) is 0. The normalized spacial score (nSPS) is 15.5. The van der Waals surface area contributed by atoms with Gasteiger partial charge in [0.25, 0.3) is 0 Å². The third kappa shape index (κ3) is 2.71. The zero-order valence-corrected chi connectivity index (χ0v) is 6.89. The Bertz CT molecular complexity index is 289. The molecule has 0 aliphatic heterocycles. The minimum atomic E-state index is -4.00. The zero-order chi connectivity index (χ0) is 9.03. The van der Waals surface area contributed by atoms with E-state index in [1.165, 1.54) is 12.4 Å². The Morgan fingerprint density at radius 1 is 1.67 bits per heavy atom. The Labute approximate surface area is 69.1 Å². The molecule has 1 aromatic heterocycles. The highest BCUT2D eigenvalue weighted by molar-refractivity contribution is 7.55. The van der Waals surface area contributed by atoms with Gasteiger partial charge in [0.1, 0.15) is 6.16 Å². The summed E-state index contributed by atoms with van der Waals surface area (Å²) in [5.74, 6) is 0. The fraction of sp³-hybridized carbons (Fsp3) is 0. The van der Waals surface area contributed by atoms with E-state index in [0.717, 1.165) is 6.16 Å². The second-order valence-corrected chi connectivity index (χ2v) is 3.61.